The number of aryl methyl sites for hydroxylation is 2. The molecule has 3 heteroatoms. The highest BCUT2D eigenvalue weighted by atomic mass is 35.5. The average molecular weight is 292 g/mol. The Morgan fingerprint density at radius 1 is 1.10 bits per heavy atom. The van der Waals surface area contributed by atoms with Gasteiger partial charge in [-0.05, 0) is 50.6 Å². The molecule has 0 heterocycles. The molecule has 1 N–H and O–H groups in total. The van der Waals surface area contributed by atoms with Crippen LogP contribution in [0.5, 0.6) is 0 Å². The third-order valence-electron chi connectivity index (χ3n) is 3.51. The lowest BCUT2D eigenvalue weighted by Gasteiger charge is -2.19. The van der Waals surface area contributed by atoms with Crippen LogP contribution in [0.4, 0.5) is 4.39 Å². The summed E-state index contributed by atoms with van der Waals surface area (Å²) >= 11 is 6.27. The highest BCUT2D eigenvalue weighted by Crippen LogP contribution is 2.26. The normalized spacial score (nSPS) is 12.4. The molecular weight excluding hydrogens is 273 g/mol. The van der Waals surface area contributed by atoms with Crippen LogP contribution < -0.4 is 5.32 Å². The van der Waals surface area contributed by atoms with Gasteiger partial charge in [0.15, 0.2) is 0 Å². The van der Waals surface area contributed by atoms with Crippen molar-refractivity contribution in [3.05, 3.63) is 69.5 Å². The number of halogens is 2. The van der Waals surface area contributed by atoms with Gasteiger partial charge in [0.1, 0.15) is 5.82 Å². The van der Waals surface area contributed by atoms with Crippen LogP contribution >= 0.6 is 11.6 Å². The lowest BCUT2D eigenvalue weighted by atomic mass is 9.96. The molecular formula is C17H19ClFN. The minimum atomic E-state index is -0.182. The fourth-order valence-corrected chi connectivity index (χ4v) is 2.65. The van der Waals surface area contributed by atoms with E-state index in [1.54, 1.807) is 6.07 Å². The average Bonchev–Trinajstić information content (AvgIpc) is 2.41. The molecule has 1 nitrogen and oxygen atoms in total. The van der Waals surface area contributed by atoms with Gasteiger partial charge >= 0.3 is 0 Å². The van der Waals surface area contributed by atoms with Gasteiger partial charge in [0.25, 0.3) is 0 Å². The summed E-state index contributed by atoms with van der Waals surface area (Å²) < 4.78 is 14.0. The molecule has 0 fully saturated rings. The van der Waals surface area contributed by atoms with E-state index in [-0.39, 0.29) is 11.9 Å². The molecule has 0 amide bonds. The van der Waals surface area contributed by atoms with Gasteiger partial charge in [-0.1, -0.05) is 41.4 Å². The Hall–Kier alpha value is -1.38. The van der Waals surface area contributed by atoms with Crippen molar-refractivity contribution in [2.24, 2.45) is 0 Å². The Bertz CT molecular complexity index is 610. The van der Waals surface area contributed by atoms with Crippen molar-refractivity contribution in [2.45, 2.75) is 26.3 Å². The molecule has 106 valence electrons. The fraction of sp³-hybridized carbons (Fsp3) is 0.294. The number of hydrogen-bond donors (Lipinski definition) is 1. The van der Waals surface area contributed by atoms with Crippen LogP contribution in [-0.4, -0.2) is 7.05 Å². The molecule has 2 aromatic rings. The molecule has 1 atom stereocenters. The van der Waals surface area contributed by atoms with Crippen LogP contribution in [0.1, 0.15) is 28.3 Å². The molecule has 0 aliphatic heterocycles. The van der Waals surface area contributed by atoms with Crippen molar-refractivity contribution in [3.63, 3.8) is 0 Å². The third kappa shape index (κ3) is 3.38. The Labute approximate surface area is 124 Å². The summed E-state index contributed by atoms with van der Waals surface area (Å²) in [6.07, 6.45) is 0.663. The summed E-state index contributed by atoms with van der Waals surface area (Å²) in [4.78, 5) is 0. The number of likely N-dealkylation sites (N-methyl/N-ethyl adjacent to an activating group) is 1. The van der Waals surface area contributed by atoms with Crippen LogP contribution in [0, 0.1) is 19.7 Å². The van der Waals surface area contributed by atoms with Crippen LogP contribution in [0.25, 0.3) is 0 Å². The zero-order valence-electron chi connectivity index (χ0n) is 12.0. The smallest absolute Gasteiger partial charge is 0.128 e. The second-order valence-electron chi connectivity index (χ2n) is 5.17. The van der Waals surface area contributed by atoms with Crippen LogP contribution in [0.2, 0.25) is 5.02 Å². The molecule has 0 radical (unpaired) electrons. The van der Waals surface area contributed by atoms with Crippen molar-refractivity contribution in [2.75, 3.05) is 7.05 Å². The van der Waals surface area contributed by atoms with E-state index in [0.29, 0.717) is 12.0 Å². The standard InChI is InChI=1S/C17H19ClFN/c1-11-5-7-16(19)14(8-11)17(20-3)10-13-6-4-12(2)9-15(13)18/h4-9,17,20H,10H2,1-3H3. The van der Waals surface area contributed by atoms with Gasteiger partial charge < -0.3 is 5.32 Å². The van der Waals surface area contributed by atoms with E-state index in [2.05, 4.69) is 5.32 Å². The Morgan fingerprint density at radius 2 is 1.75 bits per heavy atom. The molecule has 0 spiro atoms. The van der Waals surface area contributed by atoms with E-state index in [4.69, 9.17) is 11.6 Å². The molecule has 0 bridgehead atoms. The van der Waals surface area contributed by atoms with E-state index < -0.39 is 0 Å². The monoisotopic (exact) mass is 291 g/mol. The van der Waals surface area contributed by atoms with Crippen LogP contribution in [0.15, 0.2) is 36.4 Å². The minimum absolute atomic E-state index is 0.0879. The molecule has 0 aliphatic carbocycles. The summed E-state index contributed by atoms with van der Waals surface area (Å²) in [5.41, 5.74) is 3.89. The number of hydrogen-bond acceptors (Lipinski definition) is 1. The minimum Gasteiger partial charge on any atom is -0.313 e. The lowest BCUT2D eigenvalue weighted by Crippen LogP contribution is -2.20. The Balaban J connectivity index is 2.31. The van der Waals surface area contributed by atoms with Gasteiger partial charge in [-0.25, -0.2) is 4.39 Å². The first kappa shape index (κ1) is 15.0. The van der Waals surface area contributed by atoms with E-state index in [9.17, 15) is 4.39 Å². The summed E-state index contributed by atoms with van der Waals surface area (Å²) in [7, 11) is 1.84. The maximum absolute atomic E-state index is 14.0. The van der Waals surface area contributed by atoms with Gasteiger partial charge in [0.05, 0.1) is 0 Å². The van der Waals surface area contributed by atoms with Crippen molar-refractivity contribution in [1.82, 2.24) is 5.32 Å². The summed E-state index contributed by atoms with van der Waals surface area (Å²) in [5.74, 6) is -0.182. The van der Waals surface area contributed by atoms with Crippen LogP contribution in [0.3, 0.4) is 0 Å². The van der Waals surface area contributed by atoms with Gasteiger partial charge in [0, 0.05) is 16.6 Å². The molecule has 1 unspecified atom stereocenters. The fourth-order valence-electron chi connectivity index (χ4n) is 2.34. The first-order valence-corrected chi connectivity index (χ1v) is 7.07. The maximum atomic E-state index is 14.0. The summed E-state index contributed by atoms with van der Waals surface area (Å²) in [5, 5.41) is 3.91. The van der Waals surface area contributed by atoms with Crippen molar-refractivity contribution >= 4 is 11.6 Å². The van der Waals surface area contributed by atoms with Gasteiger partial charge in [-0.2, -0.15) is 0 Å². The first-order chi connectivity index (χ1) is 9.51. The second kappa shape index (κ2) is 6.38. The van der Waals surface area contributed by atoms with Crippen molar-refractivity contribution in [1.29, 1.82) is 0 Å². The highest BCUT2D eigenvalue weighted by molar-refractivity contribution is 6.31. The number of benzene rings is 2. The zero-order valence-corrected chi connectivity index (χ0v) is 12.8. The summed E-state index contributed by atoms with van der Waals surface area (Å²) in [6.45, 7) is 3.97. The topological polar surface area (TPSA) is 12.0 Å². The van der Waals surface area contributed by atoms with Gasteiger partial charge in [-0.15, -0.1) is 0 Å². The van der Waals surface area contributed by atoms with E-state index in [1.165, 1.54) is 6.07 Å². The number of nitrogens with one attached hydrogen (secondary N) is 1. The highest BCUT2D eigenvalue weighted by Gasteiger charge is 2.16. The van der Waals surface area contributed by atoms with E-state index >= 15 is 0 Å². The van der Waals surface area contributed by atoms with E-state index in [0.717, 1.165) is 21.7 Å². The predicted molar refractivity (Wildman–Crippen MR) is 82.8 cm³/mol. The quantitative estimate of drug-likeness (QED) is 0.868. The Morgan fingerprint density at radius 3 is 2.40 bits per heavy atom. The summed E-state index contributed by atoms with van der Waals surface area (Å²) in [6, 6.07) is 11.1. The third-order valence-corrected chi connectivity index (χ3v) is 3.86. The first-order valence-electron chi connectivity index (χ1n) is 6.69. The van der Waals surface area contributed by atoms with Gasteiger partial charge in [-0.3, -0.25) is 0 Å². The second-order valence-corrected chi connectivity index (χ2v) is 5.57. The largest absolute Gasteiger partial charge is 0.313 e. The molecule has 0 saturated carbocycles. The molecule has 0 aliphatic rings. The molecule has 2 aromatic carbocycles. The van der Waals surface area contributed by atoms with Gasteiger partial charge in [0.2, 0.25) is 0 Å². The van der Waals surface area contributed by atoms with Crippen molar-refractivity contribution < 1.29 is 4.39 Å². The maximum Gasteiger partial charge on any atom is 0.128 e. The molecule has 0 aromatic heterocycles. The molecule has 20 heavy (non-hydrogen) atoms. The van der Waals surface area contributed by atoms with Crippen molar-refractivity contribution in [3.8, 4) is 0 Å². The van der Waals surface area contributed by atoms with Crippen LogP contribution in [-0.2, 0) is 6.42 Å². The molecule has 2 rings (SSSR count). The predicted octanol–water partition coefficient (Wildman–Crippen LogP) is 4.60. The van der Waals surface area contributed by atoms with E-state index in [1.807, 2.05) is 45.2 Å². The Kier molecular flexibility index (Phi) is 4.79. The molecule has 0 saturated heterocycles. The zero-order chi connectivity index (χ0) is 14.7. The number of rotatable bonds is 4. The lowest BCUT2D eigenvalue weighted by molar-refractivity contribution is 0.533. The SMILES string of the molecule is CNC(Cc1ccc(C)cc1Cl)c1cc(C)ccc1F.